The van der Waals surface area contributed by atoms with E-state index in [-0.39, 0.29) is 44.2 Å². The highest BCUT2D eigenvalue weighted by atomic mass is 31.1. The van der Waals surface area contributed by atoms with E-state index in [0.29, 0.717) is 22.5 Å². The lowest BCUT2D eigenvalue weighted by Gasteiger charge is -2.11. The van der Waals surface area contributed by atoms with Crippen LogP contribution in [0.1, 0.15) is 11.1 Å². The van der Waals surface area contributed by atoms with E-state index in [1.807, 2.05) is 6.07 Å². The van der Waals surface area contributed by atoms with Crippen molar-refractivity contribution in [2.75, 3.05) is 33.2 Å². The summed E-state index contributed by atoms with van der Waals surface area (Å²) in [5.74, 6) is 0.630. The summed E-state index contributed by atoms with van der Waals surface area (Å²) < 4.78 is 33.3. The fourth-order valence-corrected chi connectivity index (χ4v) is 3.08. The third-order valence-electron chi connectivity index (χ3n) is 4.09. The Morgan fingerprint density at radius 1 is 1.20 bits per heavy atom. The predicted octanol–water partition coefficient (Wildman–Crippen LogP) is 1.01. The van der Waals surface area contributed by atoms with Crippen molar-refractivity contribution >= 4 is 25.2 Å². The van der Waals surface area contributed by atoms with Crippen molar-refractivity contribution in [1.29, 1.82) is 0 Å². The van der Waals surface area contributed by atoms with Gasteiger partial charge in [-0.05, 0) is 17.7 Å². The summed E-state index contributed by atoms with van der Waals surface area (Å²) in [5, 5.41) is 8.94. The summed E-state index contributed by atoms with van der Waals surface area (Å²) in [6.45, 7) is 0.0156. The van der Waals surface area contributed by atoms with Gasteiger partial charge in [-0.3, -0.25) is 4.57 Å². The van der Waals surface area contributed by atoms with Crippen molar-refractivity contribution in [3.8, 4) is 17.8 Å². The quantitative estimate of drug-likeness (QED) is 0.387. The second-order valence-electron chi connectivity index (χ2n) is 5.98. The molecule has 160 valence electrons. The van der Waals surface area contributed by atoms with Crippen molar-refractivity contribution in [1.82, 2.24) is 19.5 Å². The number of nitrogen functional groups attached to an aromatic ring is 1. The number of fused-ring (bicyclic) bond motifs is 1. The molecule has 1 unspecified atom stereocenters. The predicted molar refractivity (Wildman–Crippen MR) is 106 cm³/mol. The summed E-state index contributed by atoms with van der Waals surface area (Å²) >= 11 is 0. The fourth-order valence-electron chi connectivity index (χ4n) is 2.83. The molecular weight excluding hydrogens is 417 g/mol. The molecule has 0 bridgehead atoms. The highest BCUT2D eigenvalue weighted by molar-refractivity contribution is 7.32. The van der Waals surface area contributed by atoms with Crippen LogP contribution in [0.25, 0.3) is 11.2 Å². The summed E-state index contributed by atoms with van der Waals surface area (Å²) in [4.78, 5) is 21.6. The summed E-state index contributed by atoms with van der Waals surface area (Å²) in [6, 6.07) is 5.59. The van der Waals surface area contributed by atoms with Gasteiger partial charge in [0.25, 0.3) is 6.01 Å². The number of nitrogens with zero attached hydrogens (tertiary/aromatic N) is 4. The molecule has 0 spiro atoms. The number of methoxy groups -OCH3 is 2. The van der Waals surface area contributed by atoms with Crippen molar-refractivity contribution < 1.29 is 33.3 Å². The molecule has 0 fully saturated rings. The Bertz CT molecular complexity index is 1060. The standard InChI is InChI=1S/C17H20N5O7P/c1-26-12-4-3-10(7-11(12)9-29-30(24)25)8-22-15-13(19-17(22)27-2)14(18)20-16(21-15)28-6-5-23/h3-4,7,23H,5-6,8-9H2,1-2H3,(H2-,18,20,21,24,25)/p+1. The van der Waals surface area contributed by atoms with Crippen molar-refractivity contribution in [2.45, 2.75) is 13.2 Å². The largest absolute Gasteiger partial charge is 0.695 e. The van der Waals surface area contributed by atoms with Gasteiger partial charge >= 0.3 is 14.3 Å². The van der Waals surface area contributed by atoms with E-state index < -0.39 is 8.25 Å². The summed E-state index contributed by atoms with van der Waals surface area (Å²) in [7, 11) is 0.226. The van der Waals surface area contributed by atoms with E-state index in [1.54, 1.807) is 16.7 Å². The van der Waals surface area contributed by atoms with Crippen molar-refractivity contribution in [3.05, 3.63) is 29.3 Å². The van der Waals surface area contributed by atoms with Gasteiger partial charge in [0.15, 0.2) is 17.0 Å². The van der Waals surface area contributed by atoms with Crippen LogP contribution in [0, 0.1) is 0 Å². The highest BCUT2D eigenvalue weighted by Gasteiger charge is 2.20. The maximum absolute atomic E-state index is 10.9. The van der Waals surface area contributed by atoms with E-state index in [2.05, 4.69) is 15.0 Å². The van der Waals surface area contributed by atoms with E-state index in [4.69, 9.17) is 34.5 Å². The lowest BCUT2D eigenvalue weighted by molar-refractivity contribution is 0.192. The zero-order chi connectivity index (χ0) is 21.7. The van der Waals surface area contributed by atoms with Crippen LogP contribution < -0.4 is 19.9 Å². The average Bonchev–Trinajstić information content (AvgIpc) is 3.09. The van der Waals surface area contributed by atoms with Crippen LogP contribution in [0.2, 0.25) is 0 Å². The van der Waals surface area contributed by atoms with Gasteiger partial charge in [-0.2, -0.15) is 15.0 Å². The third-order valence-corrected chi connectivity index (χ3v) is 4.44. The fraction of sp³-hybridized carbons (Fsp3) is 0.353. The SMILES string of the molecule is COc1ccc(Cn2c(OC)nc3c(N)nc(OCCO)nc32)cc1CO[P+](=O)O. The number of aliphatic hydroxyl groups is 1. The number of aromatic nitrogens is 4. The second kappa shape index (κ2) is 9.63. The molecule has 3 aromatic rings. The first-order valence-corrected chi connectivity index (χ1v) is 9.86. The van der Waals surface area contributed by atoms with Gasteiger partial charge in [0.2, 0.25) is 0 Å². The zero-order valence-corrected chi connectivity index (χ0v) is 17.2. The third kappa shape index (κ3) is 4.74. The van der Waals surface area contributed by atoms with Crippen LogP contribution >= 0.6 is 8.25 Å². The number of benzene rings is 1. The Hall–Kier alpha value is -3.05. The summed E-state index contributed by atoms with van der Waals surface area (Å²) in [5.41, 5.74) is 8.11. The van der Waals surface area contributed by atoms with Crippen LogP contribution in [0.3, 0.4) is 0 Å². The lowest BCUT2D eigenvalue weighted by Crippen LogP contribution is -2.08. The Kier molecular flexibility index (Phi) is 6.95. The molecule has 0 radical (unpaired) electrons. The summed E-state index contributed by atoms with van der Waals surface area (Å²) in [6.07, 6.45) is 0. The first kappa shape index (κ1) is 21.7. The first-order valence-electron chi connectivity index (χ1n) is 8.73. The number of hydrogen-bond donors (Lipinski definition) is 3. The topological polar surface area (TPSA) is 164 Å². The van der Waals surface area contributed by atoms with E-state index in [9.17, 15) is 4.57 Å². The molecule has 0 aliphatic carbocycles. The normalized spacial score (nSPS) is 11.5. The molecule has 30 heavy (non-hydrogen) atoms. The number of hydrogen-bond acceptors (Lipinski definition) is 10. The van der Waals surface area contributed by atoms with Gasteiger partial charge in [-0.1, -0.05) is 6.07 Å². The molecule has 0 saturated heterocycles. The van der Waals surface area contributed by atoms with Gasteiger partial charge in [-0.25, -0.2) is 0 Å². The maximum Gasteiger partial charge on any atom is 0.695 e. The minimum atomic E-state index is -2.74. The Morgan fingerprint density at radius 3 is 2.67 bits per heavy atom. The van der Waals surface area contributed by atoms with Gasteiger partial charge in [0.05, 0.1) is 27.4 Å². The molecule has 0 saturated carbocycles. The van der Waals surface area contributed by atoms with E-state index in [1.165, 1.54) is 14.2 Å². The van der Waals surface area contributed by atoms with Crippen LogP contribution in [0.15, 0.2) is 18.2 Å². The molecule has 3 rings (SSSR count). The molecule has 0 amide bonds. The molecule has 12 nitrogen and oxygen atoms in total. The molecule has 13 heteroatoms. The average molecular weight is 438 g/mol. The monoisotopic (exact) mass is 438 g/mol. The van der Waals surface area contributed by atoms with Crippen molar-refractivity contribution in [2.24, 2.45) is 0 Å². The highest BCUT2D eigenvalue weighted by Crippen LogP contribution is 2.29. The van der Waals surface area contributed by atoms with E-state index >= 15 is 0 Å². The molecule has 1 atom stereocenters. The van der Waals surface area contributed by atoms with Gasteiger partial charge in [0, 0.05) is 10.1 Å². The zero-order valence-electron chi connectivity index (χ0n) is 16.3. The Morgan fingerprint density at radius 2 is 2.00 bits per heavy atom. The molecule has 1 aromatic carbocycles. The van der Waals surface area contributed by atoms with Crippen LogP contribution in [0.5, 0.6) is 17.8 Å². The molecule has 2 aromatic heterocycles. The number of aliphatic hydroxyl groups excluding tert-OH is 1. The molecular formula is C17H21N5O7P+. The van der Waals surface area contributed by atoms with Gasteiger partial charge in [-0.15, -0.1) is 9.42 Å². The number of imidazole rings is 1. The minimum Gasteiger partial charge on any atom is -0.496 e. The van der Waals surface area contributed by atoms with Crippen LogP contribution in [-0.2, 0) is 22.2 Å². The van der Waals surface area contributed by atoms with Crippen LogP contribution in [-0.4, -0.2) is 57.0 Å². The molecule has 2 heterocycles. The van der Waals surface area contributed by atoms with Gasteiger partial charge < -0.3 is 25.1 Å². The second-order valence-corrected chi connectivity index (χ2v) is 6.71. The number of anilines is 1. The minimum absolute atomic E-state index is 0.00780. The van der Waals surface area contributed by atoms with Crippen LogP contribution in [0.4, 0.5) is 5.82 Å². The van der Waals surface area contributed by atoms with E-state index in [0.717, 1.165) is 5.56 Å². The lowest BCUT2D eigenvalue weighted by atomic mass is 10.1. The Balaban J connectivity index is 2.00. The number of rotatable bonds is 10. The number of nitrogens with two attached hydrogens (primary N) is 1. The smallest absolute Gasteiger partial charge is 0.496 e. The molecule has 4 N–H and O–H groups in total. The maximum atomic E-state index is 10.9. The van der Waals surface area contributed by atoms with Crippen molar-refractivity contribution in [3.63, 3.8) is 0 Å². The van der Waals surface area contributed by atoms with Gasteiger partial charge in [0.1, 0.15) is 19.0 Å². The first-order chi connectivity index (χ1) is 14.5. The molecule has 0 aliphatic rings. The number of ether oxygens (including phenoxy) is 3. The Labute approximate surface area is 172 Å². The molecule has 0 aliphatic heterocycles.